The minimum Gasteiger partial charge on any atom is -0.376 e. The van der Waals surface area contributed by atoms with E-state index in [9.17, 15) is 14.4 Å². The van der Waals surface area contributed by atoms with Crippen molar-refractivity contribution in [2.45, 2.75) is 50.0 Å². The topological polar surface area (TPSA) is 101 Å². The van der Waals surface area contributed by atoms with Crippen molar-refractivity contribution >= 4 is 23.5 Å². The summed E-state index contributed by atoms with van der Waals surface area (Å²) in [6, 6.07) is 0. The Bertz CT molecular complexity index is 653. The van der Waals surface area contributed by atoms with Crippen molar-refractivity contribution in [2.75, 3.05) is 13.2 Å². The van der Waals surface area contributed by atoms with Crippen molar-refractivity contribution in [1.29, 1.82) is 0 Å². The van der Waals surface area contributed by atoms with Gasteiger partial charge in [-0.25, -0.2) is 4.79 Å². The Morgan fingerprint density at radius 2 is 2.26 bits per heavy atom. The van der Waals surface area contributed by atoms with Crippen LogP contribution in [0, 0.1) is 6.92 Å². The molecule has 2 rings (SSSR count). The first-order valence-electron chi connectivity index (χ1n) is 7.56. The van der Waals surface area contributed by atoms with Crippen LogP contribution < -0.4 is 11.0 Å². The molecule has 1 saturated heterocycles. The van der Waals surface area contributed by atoms with E-state index in [-0.39, 0.29) is 17.8 Å². The van der Waals surface area contributed by atoms with Gasteiger partial charge < -0.3 is 15.0 Å². The third kappa shape index (κ3) is 4.65. The summed E-state index contributed by atoms with van der Waals surface area (Å²) in [5.74, 6) is -0.361. The normalized spacial score (nSPS) is 18.7. The van der Waals surface area contributed by atoms with E-state index in [1.807, 2.05) is 0 Å². The number of ether oxygens (including phenoxy) is 1. The molecule has 7 nitrogen and oxygen atoms in total. The number of hydrogen-bond acceptors (Lipinski definition) is 6. The van der Waals surface area contributed by atoms with Crippen molar-refractivity contribution in [3.05, 3.63) is 21.7 Å². The van der Waals surface area contributed by atoms with E-state index in [2.05, 4.69) is 15.3 Å². The molecule has 0 radical (unpaired) electrons. The van der Waals surface area contributed by atoms with Crippen molar-refractivity contribution in [3.63, 3.8) is 0 Å². The molecule has 0 aliphatic carbocycles. The Morgan fingerprint density at radius 1 is 1.52 bits per heavy atom. The fourth-order valence-corrected chi connectivity index (χ4v) is 3.52. The Labute approximate surface area is 138 Å². The number of aromatic nitrogens is 2. The van der Waals surface area contributed by atoms with Crippen LogP contribution in [0.5, 0.6) is 0 Å². The fraction of sp³-hybridized carbons (Fsp3) is 0.600. The SMILES string of the molecule is CC(=O)c1c(S[C@@H](C)C(=O)NC[C@H]2CCCO2)nc(=O)[nH]c1C. The van der Waals surface area contributed by atoms with E-state index in [0.717, 1.165) is 31.2 Å². The van der Waals surface area contributed by atoms with Gasteiger partial charge in [-0.3, -0.25) is 9.59 Å². The lowest BCUT2D eigenvalue weighted by Gasteiger charge is -2.15. The minimum absolute atomic E-state index is 0.0730. The highest BCUT2D eigenvalue weighted by Crippen LogP contribution is 2.25. The lowest BCUT2D eigenvalue weighted by Crippen LogP contribution is -2.36. The smallest absolute Gasteiger partial charge is 0.346 e. The van der Waals surface area contributed by atoms with Crippen LogP contribution in [0.3, 0.4) is 0 Å². The van der Waals surface area contributed by atoms with Crippen LogP contribution in [0.15, 0.2) is 9.82 Å². The molecule has 1 aliphatic heterocycles. The third-order valence-corrected chi connectivity index (χ3v) is 4.71. The maximum Gasteiger partial charge on any atom is 0.346 e. The number of carbonyl (C=O) groups is 2. The number of rotatable bonds is 6. The van der Waals surface area contributed by atoms with Crippen LogP contribution in [0.2, 0.25) is 0 Å². The van der Waals surface area contributed by atoms with E-state index in [1.165, 1.54) is 6.92 Å². The van der Waals surface area contributed by atoms with Gasteiger partial charge in [0.2, 0.25) is 5.91 Å². The molecule has 126 valence electrons. The van der Waals surface area contributed by atoms with Crippen molar-refractivity contribution in [3.8, 4) is 0 Å². The van der Waals surface area contributed by atoms with E-state index < -0.39 is 10.9 Å². The summed E-state index contributed by atoms with van der Waals surface area (Å²) in [5.41, 5.74) is 0.294. The molecule has 8 heteroatoms. The second kappa shape index (κ2) is 7.74. The number of nitrogens with one attached hydrogen (secondary N) is 2. The number of nitrogens with zero attached hydrogens (tertiary/aromatic N) is 1. The van der Waals surface area contributed by atoms with Gasteiger partial charge >= 0.3 is 5.69 Å². The number of H-pyrrole nitrogens is 1. The number of amides is 1. The van der Waals surface area contributed by atoms with Gasteiger partial charge in [0.25, 0.3) is 0 Å². The van der Waals surface area contributed by atoms with Crippen LogP contribution >= 0.6 is 11.8 Å². The summed E-state index contributed by atoms with van der Waals surface area (Å²) in [6.45, 7) is 5.99. The highest BCUT2D eigenvalue weighted by molar-refractivity contribution is 8.00. The van der Waals surface area contributed by atoms with Gasteiger partial charge in [-0.2, -0.15) is 4.98 Å². The molecule has 23 heavy (non-hydrogen) atoms. The van der Waals surface area contributed by atoms with Gasteiger partial charge in [-0.1, -0.05) is 11.8 Å². The highest BCUT2D eigenvalue weighted by Gasteiger charge is 2.22. The monoisotopic (exact) mass is 339 g/mol. The van der Waals surface area contributed by atoms with Crippen LogP contribution in [-0.2, 0) is 9.53 Å². The summed E-state index contributed by atoms with van der Waals surface area (Å²) in [4.78, 5) is 41.8. The zero-order valence-corrected chi connectivity index (χ0v) is 14.3. The molecule has 1 amide bonds. The van der Waals surface area contributed by atoms with E-state index in [1.54, 1.807) is 13.8 Å². The number of carbonyl (C=O) groups excluding carboxylic acids is 2. The molecule has 0 spiro atoms. The second-order valence-corrected chi connectivity index (χ2v) is 6.87. The van der Waals surface area contributed by atoms with Crippen molar-refractivity contribution in [2.24, 2.45) is 0 Å². The Hall–Kier alpha value is -1.67. The number of ketones is 1. The molecule has 2 N–H and O–H groups in total. The first kappa shape index (κ1) is 17.7. The molecule has 0 saturated carbocycles. The Kier molecular flexibility index (Phi) is 5.95. The fourth-order valence-electron chi connectivity index (χ4n) is 2.44. The maximum atomic E-state index is 12.2. The predicted octanol–water partition coefficient (Wildman–Crippen LogP) is 1.06. The number of hydrogen-bond donors (Lipinski definition) is 2. The van der Waals surface area contributed by atoms with Crippen LogP contribution in [0.25, 0.3) is 0 Å². The van der Waals surface area contributed by atoms with Crippen molar-refractivity contribution in [1.82, 2.24) is 15.3 Å². The average Bonchev–Trinajstić information content (AvgIpc) is 2.96. The van der Waals surface area contributed by atoms with Gasteiger partial charge in [-0.15, -0.1) is 0 Å². The number of thioether (sulfide) groups is 1. The van der Waals surface area contributed by atoms with E-state index in [0.29, 0.717) is 22.8 Å². The molecule has 1 aromatic heterocycles. The molecular weight excluding hydrogens is 318 g/mol. The van der Waals surface area contributed by atoms with Crippen LogP contribution in [-0.4, -0.2) is 46.2 Å². The van der Waals surface area contributed by atoms with E-state index in [4.69, 9.17) is 4.74 Å². The summed E-state index contributed by atoms with van der Waals surface area (Å²) >= 11 is 1.11. The lowest BCUT2D eigenvalue weighted by molar-refractivity contribution is -0.120. The standard InChI is InChI=1S/C15H21N3O4S/c1-8-12(9(2)19)14(18-15(21)17-8)23-10(3)13(20)16-7-11-5-4-6-22-11/h10-11H,4-7H2,1-3H3,(H,16,20)(H,17,18,21)/t10-,11+/m0/s1. The van der Waals surface area contributed by atoms with Gasteiger partial charge in [0, 0.05) is 18.8 Å². The zero-order valence-electron chi connectivity index (χ0n) is 13.5. The van der Waals surface area contributed by atoms with Gasteiger partial charge in [-0.05, 0) is 33.6 Å². The first-order chi connectivity index (χ1) is 10.9. The highest BCUT2D eigenvalue weighted by atomic mass is 32.2. The second-order valence-electron chi connectivity index (χ2n) is 5.54. The Morgan fingerprint density at radius 3 is 2.87 bits per heavy atom. The summed E-state index contributed by atoms with van der Waals surface area (Å²) < 4.78 is 5.46. The Balaban J connectivity index is 2.04. The molecule has 0 aromatic carbocycles. The molecule has 2 atom stereocenters. The predicted molar refractivity (Wildman–Crippen MR) is 86.9 cm³/mol. The quantitative estimate of drug-likeness (QED) is 0.456. The minimum atomic E-state index is -0.526. The van der Waals surface area contributed by atoms with Crippen LogP contribution in [0.1, 0.15) is 42.7 Å². The zero-order chi connectivity index (χ0) is 17.0. The third-order valence-electron chi connectivity index (χ3n) is 3.62. The summed E-state index contributed by atoms with van der Waals surface area (Å²) in [6.07, 6.45) is 2.04. The largest absolute Gasteiger partial charge is 0.376 e. The van der Waals surface area contributed by atoms with E-state index >= 15 is 0 Å². The van der Waals surface area contributed by atoms with Gasteiger partial charge in [0.15, 0.2) is 5.78 Å². The van der Waals surface area contributed by atoms with Crippen molar-refractivity contribution < 1.29 is 14.3 Å². The molecule has 0 unspecified atom stereocenters. The number of aryl methyl sites for hydroxylation is 1. The molecule has 1 fully saturated rings. The van der Waals surface area contributed by atoms with Gasteiger partial charge in [0.05, 0.1) is 16.9 Å². The molecule has 1 aliphatic rings. The summed E-state index contributed by atoms with van der Waals surface area (Å²) in [7, 11) is 0. The lowest BCUT2D eigenvalue weighted by atomic mass is 10.2. The number of aromatic amines is 1. The van der Waals surface area contributed by atoms with Gasteiger partial charge in [0.1, 0.15) is 5.03 Å². The molecule has 1 aromatic rings. The number of Topliss-reactive ketones (excluding diaryl/α,β-unsaturated/α-hetero) is 1. The first-order valence-corrected chi connectivity index (χ1v) is 8.44. The molecular formula is C15H21N3O4S. The average molecular weight is 339 g/mol. The maximum absolute atomic E-state index is 12.2. The van der Waals surface area contributed by atoms with Crippen LogP contribution in [0.4, 0.5) is 0 Å². The molecule has 0 bridgehead atoms. The molecule has 2 heterocycles. The summed E-state index contributed by atoms with van der Waals surface area (Å²) in [5, 5.41) is 2.66.